The molecule has 1 atom stereocenters. The fourth-order valence-electron chi connectivity index (χ4n) is 3.97. The number of benzene rings is 2. The maximum Gasteiger partial charge on any atom is 0.295 e. The number of aliphatic hydroxyl groups is 1. The van der Waals surface area contributed by atoms with Crippen molar-refractivity contribution in [1.82, 2.24) is 9.80 Å². The number of ketones is 1. The molecule has 1 heterocycles. The molecular weight excluding hydrogens is 475 g/mol. The number of likely N-dealkylation sites (tertiary alicyclic amines) is 1. The van der Waals surface area contributed by atoms with Crippen LogP contribution in [0, 0.1) is 0 Å². The van der Waals surface area contributed by atoms with E-state index in [1.165, 1.54) is 4.90 Å². The zero-order valence-electron chi connectivity index (χ0n) is 19.3. The first kappa shape index (κ1) is 25.8. The molecule has 1 unspecified atom stereocenters. The average molecular weight is 503 g/mol. The molecule has 1 saturated heterocycles. The number of likely N-dealkylation sites (N-methyl/N-ethyl adjacent to an activating group) is 1. The summed E-state index contributed by atoms with van der Waals surface area (Å²) in [6.07, 6.45) is 1.63. The largest absolute Gasteiger partial charge is 0.507 e. The molecule has 3 rings (SSSR count). The van der Waals surface area contributed by atoms with E-state index in [4.69, 9.17) is 27.9 Å². The van der Waals surface area contributed by atoms with Crippen molar-refractivity contribution in [2.45, 2.75) is 19.9 Å². The Hall–Kier alpha value is -2.80. The van der Waals surface area contributed by atoms with E-state index in [1.54, 1.807) is 48.5 Å². The highest BCUT2D eigenvalue weighted by Gasteiger charge is 2.46. The van der Waals surface area contributed by atoms with Gasteiger partial charge in [-0.05, 0) is 55.1 Å². The quantitative estimate of drug-likeness (QED) is 0.206. The highest BCUT2D eigenvalue weighted by atomic mass is 35.5. The molecule has 2 aromatic rings. The third kappa shape index (κ3) is 5.46. The van der Waals surface area contributed by atoms with Gasteiger partial charge in [-0.3, -0.25) is 9.59 Å². The lowest BCUT2D eigenvalue weighted by Crippen LogP contribution is -2.38. The van der Waals surface area contributed by atoms with E-state index in [9.17, 15) is 14.7 Å². The van der Waals surface area contributed by atoms with Crippen LogP contribution in [0.2, 0.25) is 10.0 Å². The Morgan fingerprint density at radius 1 is 1.15 bits per heavy atom. The van der Waals surface area contributed by atoms with Crippen LogP contribution in [0.25, 0.3) is 5.76 Å². The van der Waals surface area contributed by atoms with Gasteiger partial charge in [0.05, 0.1) is 11.6 Å². The number of aliphatic hydroxyl groups excluding tert-OH is 1. The van der Waals surface area contributed by atoms with Crippen LogP contribution in [0.3, 0.4) is 0 Å². The van der Waals surface area contributed by atoms with Gasteiger partial charge in [-0.15, -0.1) is 0 Å². The van der Waals surface area contributed by atoms with E-state index in [1.807, 2.05) is 13.8 Å². The highest BCUT2D eigenvalue weighted by Crippen LogP contribution is 2.42. The number of nitrogens with zero attached hydrogens (tertiary/aromatic N) is 2. The molecular formula is C26H28Cl2N2O4. The molecule has 0 aromatic heterocycles. The molecule has 1 aliphatic rings. The summed E-state index contributed by atoms with van der Waals surface area (Å²) in [5.41, 5.74) is 0.911. The van der Waals surface area contributed by atoms with Gasteiger partial charge in [0.15, 0.2) is 0 Å². The van der Waals surface area contributed by atoms with Gasteiger partial charge in [0.2, 0.25) is 0 Å². The molecule has 180 valence electrons. The highest BCUT2D eigenvalue weighted by molar-refractivity contribution is 6.47. The van der Waals surface area contributed by atoms with E-state index in [2.05, 4.69) is 11.5 Å². The van der Waals surface area contributed by atoms with Crippen LogP contribution < -0.4 is 4.74 Å². The zero-order valence-corrected chi connectivity index (χ0v) is 20.8. The van der Waals surface area contributed by atoms with Crippen molar-refractivity contribution < 1.29 is 19.4 Å². The molecule has 34 heavy (non-hydrogen) atoms. The lowest BCUT2D eigenvalue weighted by Gasteiger charge is -2.28. The number of ether oxygens (including phenoxy) is 1. The van der Waals surface area contributed by atoms with Gasteiger partial charge in [0.25, 0.3) is 11.7 Å². The second-order valence-corrected chi connectivity index (χ2v) is 8.65. The Morgan fingerprint density at radius 3 is 2.41 bits per heavy atom. The molecule has 0 bridgehead atoms. The Bertz CT molecular complexity index is 1090. The Kier molecular flexibility index (Phi) is 8.78. The molecule has 8 heteroatoms. The van der Waals surface area contributed by atoms with Crippen LogP contribution in [-0.4, -0.2) is 59.4 Å². The third-order valence-corrected chi connectivity index (χ3v) is 6.41. The molecule has 1 N–H and O–H groups in total. The van der Waals surface area contributed by atoms with Crippen molar-refractivity contribution in [3.8, 4) is 5.75 Å². The molecule has 0 radical (unpaired) electrons. The van der Waals surface area contributed by atoms with Crippen LogP contribution in [-0.2, 0) is 9.59 Å². The SMILES string of the molecule is C=CCOc1ccc(/C(O)=C2\C(=O)C(=O)N(CCN(CC)CC)C2c2ccc(Cl)cc2Cl)cc1. The molecule has 2 aromatic carbocycles. The number of Topliss-reactive ketones (excluding diaryl/α,β-unsaturated/α-hetero) is 1. The van der Waals surface area contributed by atoms with Crippen molar-refractivity contribution in [1.29, 1.82) is 0 Å². The lowest BCUT2D eigenvalue weighted by molar-refractivity contribution is -0.140. The van der Waals surface area contributed by atoms with E-state index >= 15 is 0 Å². The number of amides is 1. The predicted octanol–water partition coefficient (Wildman–Crippen LogP) is 5.32. The summed E-state index contributed by atoms with van der Waals surface area (Å²) in [5.74, 6) is -1.10. The number of carbonyl (C=O) groups excluding carboxylic acids is 2. The zero-order chi connectivity index (χ0) is 24.8. The first-order valence-electron chi connectivity index (χ1n) is 11.1. The maximum atomic E-state index is 13.2. The lowest BCUT2D eigenvalue weighted by atomic mass is 9.95. The second kappa shape index (κ2) is 11.6. The molecule has 0 aliphatic carbocycles. The van der Waals surface area contributed by atoms with Crippen LogP contribution >= 0.6 is 23.2 Å². The smallest absolute Gasteiger partial charge is 0.295 e. The van der Waals surface area contributed by atoms with Gasteiger partial charge in [-0.2, -0.15) is 0 Å². The number of hydrogen-bond acceptors (Lipinski definition) is 5. The minimum absolute atomic E-state index is 0.00599. The minimum atomic E-state index is -0.836. The first-order chi connectivity index (χ1) is 16.3. The van der Waals surface area contributed by atoms with Crippen molar-refractivity contribution in [3.63, 3.8) is 0 Å². The Balaban J connectivity index is 2.08. The van der Waals surface area contributed by atoms with Crippen LogP contribution in [0.1, 0.15) is 31.0 Å². The number of rotatable bonds is 10. The number of carbonyl (C=O) groups is 2. The van der Waals surface area contributed by atoms with Gasteiger partial charge in [0, 0.05) is 28.7 Å². The third-order valence-electron chi connectivity index (χ3n) is 5.84. The fraction of sp³-hybridized carbons (Fsp3) is 0.308. The van der Waals surface area contributed by atoms with E-state index in [0.717, 1.165) is 13.1 Å². The standard InChI is InChI=1S/C26H28Cl2N2O4/c1-4-15-34-19-10-7-17(8-11-19)24(31)22-23(20-12-9-18(27)16-21(20)28)30(26(33)25(22)32)14-13-29(5-2)6-3/h4,7-12,16,23,31H,1,5-6,13-15H2,2-3H3/b24-22+. The Labute approximate surface area is 210 Å². The van der Waals surface area contributed by atoms with Crippen LogP contribution in [0.15, 0.2) is 60.7 Å². The monoisotopic (exact) mass is 502 g/mol. The summed E-state index contributed by atoms with van der Waals surface area (Å²) < 4.78 is 5.48. The second-order valence-electron chi connectivity index (χ2n) is 7.81. The van der Waals surface area contributed by atoms with E-state index in [0.29, 0.717) is 46.6 Å². The summed E-state index contributed by atoms with van der Waals surface area (Å²) in [6, 6.07) is 10.7. The number of hydrogen-bond donors (Lipinski definition) is 1. The van der Waals surface area contributed by atoms with Gasteiger partial charge in [-0.25, -0.2) is 0 Å². The summed E-state index contributed by atoms with van der Waals surface area (Å²) in [6.45, 7) is 10.5. The minimum Gasteiger partial charge on any atom is -0.507 e. The summed E-state index contributed by atoms with van der Waals surface area (Å²) in [5, 5.41) is 11.9. The van der Waals surface area contributed by atoms with E-state index < -0.39 is 17.7 Å². The van der Waals surface area contributed by atoms with Crippen molar-refractivity contribution >= 4 is 40.7 Å². The van der Waals surface area contributed by atoms with Crippen molar-refractivity contribution in [2.24, 2.45) is 0 Å². The molecule has 6 nitrogen and oxygen atoms in total. The summed E-state index contributed by atoms with van der Waals surface area (Å²) in [7, 11) is 0. The van der Waals surface area contributed by atoms with Crippen LogP contribution in [0.5, 0.6) is 5.75 Å². The molecule has 1 amide bonds. The predicted molar refractivity (Wildman–Crippen MR) is 135 cm³/mol. The average Bonchev–Trinajstić information content (AvgIpc) is 3.08. The van der Waals surface area contributed by atoms with Gasteiger partial charge < -0.3 is 19.6 Å². The topological polar surface area (TPSA) is 70.1 Å². The molecule has 1 aliphatic heterocycles. The molecule has 0 spiro atoms. The summed E-state index contributed by atoms with van der Waals surface area (Å²) >= 11 is 12.6. The van der Waals surface area contributed by atoms with E-state index in [-0.39, 0.29) is 11.3 Å². The first-order valence-corrected chi connectivity index (χ1v) is 11.9. The van der Waals surface area contributed by atoms with Crippen molar-refractivity contribution in [2.75, 3.05) is 32.8 Å². The van der Waals surface area contributed by atoms with Gasteiger partial charge in [0.1, 0.15) is 18.1 Å². The molecule has 1 fully saturated rings. The molecule has 0 saturated carbocycles. The fourth-order valence-corrected chi connectivity index (χ4v) is 4.48. The maximum absolute atomic E-state index is 13.2. The Morgan fingerprint density at radius 2 is 1.82 bits per heavy atom. The normalized spacial score (nSPS) is 17.4. The number of halogens is 2. The van der Waals surface area contributed by atoms with Gasteiger partial charge >= 0.3 is 0 Å². The van der Waals surface area contributed by atoms with Crippen LogP contribution in [0.4, 0.5) is 0 Å². The van der Waals surface area contributed by atoms with Gasteiger partial charge in [-0.1, -0.05) is 55.8 Å². The van der Waals surface area contributed by atoms with Crippen molar-refractivity contribution in [3.05, 3.63) is 81.9 Å². The summed E-state index contributed by atoms with van der Waals surface area (Å²) in [4.78, 5) is 29.9.